The van der Waals surface area contributed by atoms with Gasteiger partial charge in [0.2, 0.25) is 0 Å². The molecule has 0 fully saturated rings. The lowest BCUT2D eigenvalue weighted by Crippen LogP contribution is -2.36. The zero-order chi connectivity index (χ0) is 5.98. The Morgan fingerprint density at radius 2 is 2.25 bits per heavy atom. The molecule has 3 heteroatoms. The second-order valence-electron chi connectivity index (χ2n) is 2.19. The second-order valence-corrected chi connectivity index (χ2v) is 2.19. The summed E-state index contributed by atoms with van der Waals surface area (Å²) in [5, 5.41) is 0. The number of rotatable bonds is 0. The van der Waals surface area contributed by atoms with Crippen molar-refractivity contribution in [2.45, 2.75) is 0 Å². The summed E-state index contributed by atoms with van der Waals surface area (Å²) in [6.07, 6.45) is 1.86. The molecule has 0 aromatic heterocycles. The fourth-order valence-electron chi connectivity index (χ4n) is 0.777. The Labute approximate surface area is 49.6 Å². The first-order chi connectivity index (χ1) is 3.79. The molecule has 8 heavy (non-hydrogen) atoms. The summed E-state index contributed by atoms with van der Waals surface area (Å²) in [5.41, 5.74) is 0. The molecule has 0 saturated heterocycles. The quantitative estimate of drug-likeness (QED) is 0.433. The molecule has 0 bridgehead atoms. The summed E-state index contributed by atoms with van der Waals surface area (Å²) in [6.45, 7) is 1.83. The van der Waals surface area contributed by atoms with Crippen LogP contribution in [0.5, 0.6) is 0 Å². The summed E-state index contributed by atoms with van der Waals surface area (Å²) < 4.78 is 0. The van der Waals surface area contributed by atoms with E-state index in [-0.39, 0.29) is 0 Å². The minimum atomic E-state index is 0.838. The van der Waals surface area contributed by atoms with Crippen LogP contribution in [0.15, 0.2) is 4.99 Å². The van der Waals surface area contributed by atoms with Crippen molar-refractivity contribution in [2.75, 3.05) is 27.4 Å². The van der Waals surface area contributed by atoms with Crippen molar-refractivity contribution in [3.8, 4) is 0 Å². The molecule has 1 aliphatic heterocycles. The third-order valence-electron chi connectivity index (χ3n) is 1.07. The molecule has 0 spiro atoms. The zero-order valence-corrected chi connectivity index (χ0v) is 5.33. The first kappa shape index (κ1) is 5.56. The van der Waals surface area contributed by atoms with Crippen molar-refractivity contribution in [3.63, 3.8) is 0 Å². The highest BCUT2D eigenvalue weighted by molar-refractivity contribution is 5.54. The average molecular weight is 113 g/mol. The van der Waals surface area contributed by atoms with Crippen LogP contribution in [-0.4, -0.2) is 43.6 Å². The average Bonchev–Trinajstić information content (AvgIpc) is 1.64. The monoisotopic (exact) mass is 113 g/mol. The van der Waals surface area contributed by atoms with E-state index in [2.05, 4.69) is 9.89 Å². The molecule has 0 atom stereocenters. The van der Waals surface area contributed by atoms with E-state index in [1.54, 1.807) is 0 Å². The Kier molecular flexibility index (Phi) is 1.48. The van der Waals surface area contributed by atoms with E-state index in [1.165, 1.54) is 0 Å². The lowest BCUT2D eigenvalue weighted by atomic mass is 10.7. The van der Waals surface area contributed by atoms with Gasteiger partial charge in [-0.25, -0.2) is 0 Å². The highest BCUT2D eigenvalue weighted by atomic mass is 15.4. The van der Waals surface area contributed by atoms with Gasteiger partial charge in [0.25, 0.3) is 0 Å². The van der Waals surface area contributed by atoms with E-state index in [9.17, 15) is 0 Å². The van der Waals surface area contributed by atoms with Gasteiger partial charge >= 0.3 is 0 Å². The van der Waals surface area contributed by atoms with Crippen LogP contribution >= 0.6 is 0 Å². The van der Waals surface area contributed by atoms with Crippen molar-refractivity contribution in [1.29, 1.82) is 0 Å². The topological polar surface area (TPSA) is 18.8 Å². The molecule has 0 amide bonds. The van der Waals surface area contributed by atoms with Crippen LogP contribution < -0.4 is 0 Å². The molecule has 0 aromatic carbocycles. The minimum Gasteiger partial charge on any atom is -0.353 e. The van der Waals surface area contributed by atoms with E-state index < -0.39 is 0 Å². The fourth-order valence-corrected chi connectivity index (χ4v) is 0.777. The van der Waals surface area contributed by atoms with E-state index in [0.29, 0.717) is 0 Å². The van der Waals surface area contributed by atoms with Crippen LogP contribution in [0.25, 0.3) is 0 Å². The van der Waals surface area contributed by atoms with Crippen molar-refractivity contribution in [1.82, 2.24) is 9.80 Å². The number of hydrogen-bond donors (Lipinski definition) is 0. The molecule has 0 aromatic rings. The summed E-state index contributed by atoms with van der Waals surface area (Å²) in [7, 11) is 4.06. The Balaban J connectivity index is 2.42. The van der Waals surface area contributed by atoms with Crippen molar-refractivity contribution < 1.29 is 0 Å². The molecule has 1 rings (SSSR count). The third kappa shape index (κ3) is 1.20. The Morgan fingerprint density at radius 3 is 2.62 bits per heavy atom. The number of aliphatic imine (C=N–C) groups is 1. The van der Waals surface area contributed by atoms with Crippen molar-refractivity contribution in [3.05, 3.63) is 0 Å². The summed E-state index contributed by atoms with van der Waals surface area (Å²) >= 11 is 0. The molecule has 0 unspecified atom stereocenters. The first-order valence-corrected chi connectivity index (χ1v) is 2.68. The van der Waals surface area contributed by atoms with Gasteiger partial charge in [-0.3, -0.25) is 9.89 Å². The molecule has 1 aliphatic rings. The molecule has 3 nitrogen and oxygen atoms in total. The standard InChI is InChI=1S/C5H11N3/c1-7-3-6-4-8(2)5-7/h3H,4-5H2,1-2H3. The Morgan fingerprint density at radius 1 is 1.50 bits per heavy atom. The van der Waals surface area contributed by atoms with Gasteiger partial charge in [0, 0.05) is 7.05 Å². The first-order valence-electron chi connectivity index (χ1n) is 2.68. The maximum Gasteiger partial charge on any atom is 0.0938 e. The summed E-state index contributed by atoms with van der Waals surface area (Å²) in [4.78, 5) is 8.25. The van der Waals surface area contributed by atoms with Crippen LogP contribution in [0.3, 0.4) is 0 Å². The predicted octanol–water partition coefficient (Wildman–Crippen LogP) is -0.193. The molecule has 0 N–H and O–H groups in total. The van der Waals surface area contributed by atoms with Gasteiger partial charge in [0.05, 0.1) is 19.7 Å². The lowest BCUT2D eigenvalue weighted by molar-refractivity contribution is 0.237. The Bertz CT molecular complexity index is 99.8. The normalized spacial score (nSPS) is 22.0. The maximum atomic E-state index is 4.07. The van der Waals surface area contributed by atoms with Crippen LogP contribution in [0.1, 0.15) is 0 Å². The molecule has 0 radical (unpaired) electrons. The van der Waals surface area contributed by atoms with E-state index >= 15 is 0 Å². The summed E-state index contributed by atoms with van der Waals surface area (Å²) in [5.74, 6) is 0. The molecule has 0 aliphatic carbocycles. The van der Waals surface area contributed by atoms with Gasteiger partial charge in [0.1, 0.15) is 0 Å². The minimum absolute atomic E-state index is 0.838. The maximum absolute atomic E-state index is 4.07. The van der Waals surface area contributed by atoms with Crippen LogP contribution in [0.4, 0.5) is 0 Å². The fraction of sp³-hybridized carbons (Fsp3) is 0.800. The second kappa shape index (κ2) is 2.13. The van der Waals surface area contributed by atoms with Crippen LogP contribution in [-0.2, 0) is 0 Å². The SMILES string of the molecule is CN1C=NCN(C)C1. The number of hydrogen-bond acceptors (Lipinski definition) is 3. The van der Waals surface area contributed by atoms with Gasteiger partial charge in [-0.05, 0) is 7.05 Å². The molecule has 1 heterocycles. The van der Waals surface area contributed by atoms with Crippen molar-refractivity contribution >= 4 is 6.34 Å². The third-order valence-corrected chi connectivity index (χ3v) is 1.07. The van der Waals surface area contributed by atoms with Gasteiger partial charge in [-0.1, -0.05) is 0 Å². The lowest BCUT2D eigenvalue weighted by Gasteiger charge is -2.24. The molecular weight excluding hydrogens is 102 g/mol. The number of nitrogens with zero attached hydrogens (tertiary/aromatic N) is 3. The summed E-state index contributed by atoms with van der Waals surface area (Å²) in [6, 6.07) is 0. The highest BCUT2D eigenvalue weighted by Gasteiger charge is 2.01. The molecular formula is C5H11N3. The molecule has 46 valence electrons. The smallest absolute Gasteiger partial charge is 0.0938 e. The van der Waals surface area contributed by atoms with E-state index in [1.807, 2.05) is 25.3 Å². The van der Waals surface area contributed by atoms with Crippen LogP contribution in [0.2, 0.25) is 0 Å². The van der Waals surface area contributed by atoms with Gasteiger partial charge < -0.3 is 4.90 Å². The zero-order valence-electron chi connectivity index (χ0n) is 5.33. The van der Waals surface area contributed by atoms with Gasteiger partial charge in [0.15, 0.2) is 0 Å². The van der Waals surface area contributed by atoms with Gasteiger partial charge in [-0.15, -0.1) is 0 Å². The van der Waals surface area contributed by atoms with E-state index in [4.69, 9.17) is 0 Å². The van der Waals surface area contributed by atoms with Crippen molar-refractivity contribution in [2.24, 2.45) is 4.99 Å². The van der Waals surface area contributed by atoms with E-state index in [0.717, 1.165) is 13.3 Å². The molecule has 0 saturated carbocycles. The largest absolute Gasteiger partial charge is 0.353 e. The predicted molar refractivity (Wildman–Crippen MR) is 33.8 cm³/mol. The van der Waals surface area contributed by atoms with Gasteiger partial charge in [-0.2, -0.15) is 0 Å². The highest BCUT2D eigenvalue weighted by Crippen LogP contribution is 1.90. The Hall–Kier alpha value is -0.570. The van der Waals surface area contributed by atoms with Crippen LogP contribution in [0, 0.1) is 0 Å².